The number of benzene rings is 1. The third kappa shape index (κ3) is 6.29. The molecule has 0 bridgehead atoms. The maximum absolute atomic E-state index is 13.3. The van der Waals surface area contributed by atoms with Gasteiger partial charge in [0.1, 0.15) is 17.6 Å². The summed E-state index contributed by atoms with van der Waals surface area (Å²) in [4.78, 5) is 37.6. The predicted molar refractivity (Wildman–Crippen MR) is 120 cm³/mol. The molecular weight excluding hydrogens is 392 g/mol. The number of hydrogen-bond donors (Lipinski definition) is 1. The molecule has 31 heavy (non-hydrogen) atoms. The first kappa shape index (κ1) is 22.8. The number of nitrogens with zero attached hydrogens (tertiary/aromatic N) is 1. The van der Waals surface area contributed by atoms with Gasteiger partial charge in [0.25, 0.3) is 5.56 Å². The van der Waals surface area contributed by atoms with Gasteiger partial charge in [-0.2, -0.15) is 0 Å². The van der Waals surface area contributed by atoms with Gasteiger partial charge in [0.2, 0.25) is 5.91 Å². The van der Waals surface area contributed by atoms with Gasteiger partial charge in [-0.15, -0.1) is 0 Å². The summed E-state index contributed by atoms with van der Waals surface area (Å²) < 4.78 is 7.46. The van der Waals surface area contributed by atoms with Gasteiger partial charge in [0.15, 0.2) is 0 Å². The predicted octanol–water partition coefficient (Wildman–Crippen LogP) is 4.20. The van der Waals surface area contributed by atoms with Crippen molar-refractivity contribution in [1.29, 1.82) is 0 Å². The lowest BCUT2D eigenvalue weighted by molar-refractivity contribution is -0.126. The van der Waals surface area contributed by atoms with Crippen molar-refractivity contribution in [3.63, 3.8) is 0 Å². The molecule has 1 unspecified atom stereocenters. The SMILES string of the molecule is CC(=O)C[C@@H](NC(=O)C(CC(C)C)n1ccccc1=O)c1cccc(OC2CCC2)c1. The number of amides is 1. The number of aromatic nitrogens is 1. The second-order valence-electron chi connectivity index (χ2n) is 8.80. The largest absolute Gasteiger partial charge is 0.490 e. The Morgan fingerprint density at radius 2 is 1.94 bits per heavy atom. The highest BCUT2D eigenvalue weighted by Crippen LogP contribution is 2.28. The van der Waals surface area contributed by atoms with Gasteiger partial charge >= 0.3 is 0 Å². The minimum absolute atomic E-state index is 0.0205. The first-order valence-electron chi connectivity index (χ1n) is 11.1. The van der Waals surface area contributed by atoms with Gasteiger partial charge < -0.3 is 14.6 Å². The van der Waals surface area contributed by atoms with Crippen LogP contribution in [0.25, 0.3) is 0 Å². The van der Waals surface area contributed by atoms with E-state index in [4.69, 9.17) is 4.74 Å². The van der Waals surface area contributed by atoms with Crippen LogP contribution < -0.4 is 15.6 Å². The lowest BCUT2D eigenvalue weighted by atomic mass is 9.96. The molecule has 1 aliphatic rings. The normalized spacial score (nSPS) is 15.7. The molecule has 1 aromatic carbocycles. The maximum atomic E-state index is 13.3. The Hall–Kier alpha value is -2.89. The Labute approximate surface area is 183 Å². The van der Waals surface area contributed by atoms with Gasteiger partial charge in [-0.25, -0.2) is 0 Å². The quantitative estimate of drug-likeness (QED) is 0.620. The van der Waals surface area contributed by atoms with Crippen LogP contribution in [0.1, 0.15) is 70.5 Å². The lowest BCUT2D eigenvalue weighted by Crippen LogP contribution is -2.39. The molecule has 0 aliphatic heterocycles. The zero-order valence-electron chi connectivity index (χ0n) is 18.5. The van der Waals surface area contributed by atoms with E-state index in [9.17, 15) is 14.4 Å². The molecule has 6 heteroatoms. The number of hydrogen-bond acceptors (Lipinski definition) is 4. The first-order valence-corrected chi connectivity index (χ1v) is 11.1. The number of nitrogens with one attached hydrogen (secondary N) is 1. The fourth-order valence-corrected chi connectivity index (χ4v) is 3.78. The fourth-order valence-electron chi connectivity index (χ4n) is 3.78. The molecule has 1 amide bonds. The summed E-state index contributed by atoms with van der Waals surface area (Å²) >= 11 is 0. The van der Waals surface area contributed by atoms with Crippen LogP contribution in [0.5, 0.6) is 5.75 Å². The maximum Gasteiger partial charge on any atom is 0.251 e. The molecule has 0 spiro atoms. The zero-order valence-corrected chi connectivity index (χ0v) is 18.5. The van der Waals surface area contributed by atoms with Gasteiger partial charge in [-0.1, -0.05) is 32.0 Å². The van der Waals surface area contributed by atoms with Crippen molar-refractivity contribution in [3.8, 4) is 5.75 Å². The van der Waals surface area contributed by atoms with E-state index < -0.39 is 12.1 Å². The monoisotopic (exact) mass is 424 g/mol. The van der Waals surface area contributed by atoms with E-state index in [2.05, 4.69) is 5.32 Å². The van der Waals surface area contributed by atoms with Crippen LogP contribution in [0.15, 0.2) is 53.5 Å². The van der Waals surface area contributed by atoms with Gasteiger partial charge in [-0.3, -0.25) is 14.4 Å². The van der Waals surface area contributed by atoms with Crippen molar-refractivity contribution < 1.29 is 14.3 Å². The summed E-state index contributed by atoms with van der Waals surface area (Å²) in [6, 6.07) is 11.3. The fraction of sp³-hybridized carbons (Fsp3) is 0.480. The van der Waals surface area contributed by atoms with E-state index >= 15 is 0 Å². The summed E-state index contributed by atoms with van der Waals surface area (Å²) in [7, 11) is 0. The van der Waals surface area contributed by atoms with E-state index in [1.165, 1.54) is 24.0 Å². The number of Topliss-reactive ketones (excluding diaryl/α,β-unsaturated/α-hetero) is 1. The molecule has 2 atom stereocenters. The molecule has 1 fully saturated rings. The highest BCUT2D eigenvalue weighted by Gasteiger charge is 2.26. The van der Waals surface area contributed by atoms with Gasteiger partial charge in [0.05, 0.1) is 12.1 Å². The molecule has 1 aromatic heterocycles. The third-order valence-electron chi connectivity index (χ3n) is 5.61. The summed E-state index contributed by atoms with van der Waals surface area (Å²) in [5, 5.41) is 3.03. The topological polar surface area (TPSA) is 77.4 Å². The van der Waals surface area contributed by atoms with Crippen molar-refractivity contribution in [2.75, 3.05) is 0 Å². The molecule has 166 valence electrons. The molecule has 1 heterocycles. The summed E-state index contributed by atoms with van der Waals surface area (Å²) in [5.41, 5.74) is 0.603. The second-order valence-corrected chi connectivity index (χ2v) is 8.80. The van der Waals surface area contributed by atoms with Crippen molar-refractivity contribution >= 4 is 11.7 Å². The van der Waals surface area contributed by atoms with Crippen LogP contribution in [0.2, 0.25) is 0 Å². The molecule has 1 aliphatic carbocycles. The van der Waals surface area contributed by atoms with Crippen LogP contribution in [0.4, 0.5) is 0 Å². The van der Waals surface area contributed by atoms with Crippen molar-refractivity contribution in [3.05, 3.63) is 64.6 Å². The van der Waals surface area contributed by atoms with Gasteiger partial charge in [-0.05, 0) is 62.3 Å². The van der Waals surface area contributed by atoms with Crippen molar-refractivity contribution in [2.24, 2.45) is 5.92 Å². The van der Waals surface area contributed by atoms with E-state index in [0.29, 0.717) is 6.42 Å². The van der Waals surface area contributed by atoms with E-state index in [-0.39, 0.29) is 35.7 Å². The van der Waals surface area contributed by atoms with Crippen LogP contribution >= 0.6 is 0 Å². The molecule has 3 rings (SSSR count). The zero-order chi connectivity index (χ0) is 22.4. The number of carbonyl (C=O) groups is 2. The molecule has 1 saturated carbocycles. The highest BCUT2D eigenvalue weighted by molar-refractivity contribution is 5.82. The highest BCUT2D eigenvalue weighted by atomic mass is 16.5. The van der Waals surface area contributed by atoms with E-state index in [1.807, 2.05) is 38.1 Å². The second kappa shape index (κ2) is 10.4. The molecule has 0 radical (unpaired) electrons. The average molecular weight is 425 g/mol. The summed E-state index contributed by atoms with van der Waals surface area (Å²) in [6.45, 7) is 5.55. The number of ether oxygens (including phenoxy) is 1. The first-order chi connectivity index (χ1) is 14.8. The number of rotatable bonds is 10. The molecule has 6 nitrogen and oxygen atoms in total. The Morgan fingerprint density at radius 3 is 2.55 bits per heavy atom. The third-order valence-corrected chi connectivity index (χ3v) is 5.61. The Kier molecular flexibility index (Phi) is 7.66. The Balaban J connectivity index is 1.84. The minimum atomic E-state index is -0.641. The van der Waals surface area contributed by atoms with Crippen LogP contribution in [-0.4, -0.2) is 22.4 Å². The number of pyridine rings is 1. The van der Waals surface area contributed by atoms with E-state index in [0.717, 1.165) is 24.2 Å². The van der Waals surface area contributed by atoms with Crippen LogP contribution in [0.3, 0.4) is 0 Å². The standard InChI is InChI=1S/C25H32N2O4/c1-17(2)14-23(27-13-5-4-12-24(27)29)25(30)26-22(15-18(3)28)19-8-6-11-21(16-19)31-20-9-7-10-20/h4-6,8,11-13,16-17,20,22-23H,7,9-10,14-15H2,1-3H3,(H,26,30)/t22-,23?/m1/s1. The minimum Gasteiger partial charge on any atom is -0.490 e. The number of ketones is 1. The van der Waals surface area contributed by atoms with Gasteiger partial charge in [0, 0.05) is 18.7 Å². The lowest BCUT2D eigenvalue weighted by Gasteiger charge is -2.27. The summed E-state index contributed by atoms with van der Waals surface area (Å²) in [6.07, 6.45) is 5.88. The van der Waals surface area contributed by atoms with Crippen molar-refractivity contribution in [2.45, 2.75) is 71.1 Å². The molecular formula is C25H32N2O4. The molecule has 1 N–H and O–H groups in total. The molecule has 0 saturated heterocycles. The Bertz CT molecular complexity index is 962. The van der Waals surface area contributed by atoms with Crippen LogP contribution in [0, 0.1) is 5.92 Å². The van der Waals surface area contributed by atoms with Crippen molar-refractivity contribution in [1.82, 2.24) is 9.88 Å². The average Bonchev–Trinajstić information content (AvgIpc) is 2.69. The summed E-state index contributed by atoms with van der Waals surface area (Å²) in [5.74, 6) is 0.683. The van der Waals surface area contributed by atoms with Crippen LogP contribution in [-0.2, 0) is 9.59 Å². The number of carbonyl (C=O) groups excluding carboxylic acids is 2. The Morgan fingerprint density at radius 1 is 1.16 bits per heavy atom. The van der Waals surface area contributed by atoms with E-state index in [1.54, 1.807) is 18.3 Å². The smallest absolute Gasteiger partial charge is 0.251 e. The molecule has 2 aromatic rings.